The predicted molar refractivity (Wildman–Crippen MR) is 171 cm³/mol. The summed E-state index contributed by atoms with van der Waals surface area (Å²) >= 11 is 0. The zero-order chi connectivity index (χ0) is 32.8. The smallest absolute Gasteiger partial charge is 0.408 e. The van der Waals surface area contributed by atoms with Gasteiger partial charge in [-0.15, -0.1) is 0 Å². The van der Waals surface area contributed by atoms with Gasteiger partial charge in [-0.25, -0.2) is 9.78 Å². The highest BCUT2D eigenvalue weighted by atomic mass is 16.6. The summed E-state index contributed by atoms with van der Waals surface area (Å²) in [4.78, 5) is 59.6. The van der Waals surface area contributed by atoms with Crippen molar-refractivity contribution in [2.75, 3.05) is 18.4 Å². The van der Waals surface area contributed by atoms with Gasteiger partial charge in [-0.3, -0.25) is 14.4 Å². The molecule has 0 bridgehead atoms. The normalized spacial score (nSPS) is 15.5. The summed E-state index contributed by atoms with van der Waals surface area (Å²) in [5.74, 6) is -0.357. The van der Waals surface area contributed by atoms with Crippen molar-refractivity contribution < 1.29 is 23.9 Å². The van der Waals surface area contributed by atoms with Gasteiger partial charge < -0.3 is 30.2 Å². The van der Waals surface area contributed by atoms with E-state index in [0.717, 1.165) is 18.4 Å². The average molecular weight is 617 g/mol. The van der Waals surface area contributed by atoms with Crippen LogP contribution in [-0.4, -0.2) is 62.5 Å². The van der Waals surface area contributed by atoms with E-state index < -0.39 is 41.1 Å². The molecule has 2 atom stereocenters. The van der Waals surface area contributed by atoms with Crippen LogP contribution in [0.3, 0.4) is 0 Å². The molecular weight excluding hydrogens is 572 g/mol. The molecule has 1 fully saturated rings. The van der Waals surface area contributed by atoms with Gasteiger partial charge in [0.1, 0.15) is 23.2 Å². The Balaban J connectivity index is 1.54. The van der Waals surface area contributed by atoms with Gasteiger partial charge >= 0.3 is 6.09 Å². The molecule has 1 aromatic heterocycles. The molecule has 0 radical (unpaired) electrons. The number of rotatable bonds is 9. The van der Waals surface area contributed by atoms with Crippen molar-refractivity contribution in [3.8, 4) is 0 Å². The van der Waals surface area contributed by atoms with Crippen LogP contribution in [0.5, 0.6) is 0 Å². The Bertz CT molecular complexity index is 1470. The first kappa shape index (κ1) is 33.2. The molecule has 4 amide bonds. The van der Waals surface area contributed by atoms with E-state index >= 15 is 0 Å². The number of likely N-dealkylation sites (tertiary alicyclic amines) is 1. The molecule has 2 heterocycles. The summed E-state index contributed by atoms with van der Waals surface area (Å²) in [6.45, 7) is 11.8. The van der Waals surface area contributed by atoms with E-state index in [0.29, 0.717) is 24.6 Å². The van der Waals surface area contributed by atoms with E-state index in [4.69, 9.17) is 4.74 Å². The minimum absolute atomic E-state index is 0.0301. The van der Waals surface area contributed by atoms with Crippen molar-refractivity contribution in [1.29, 1.82) is 0 Å². The minimum atomic E-state index is -1.40. The number of amides is 4. The fourth-order valence-corrected chi connectivity index (χ4v) is 5.09. The van der Waals surface area contributed by atoms with Crippen LogP contribution in [0, 0.1) is 5.92 Å². The maximum absolute atomic E-state index is 13.8. The second-order valence-corrected chi connectivity index (χ2v) is 13.1. The number of carbonyl (C=O) groups excluding carboxylic acids is 4. The third-order valence-corrected chi connectivity index (χ3v) is 7.65. The largest absolute Gasteiger partial charge is 0.444 e. The van der Waals surface area contributed by atoms with Crippen LogP contribution in [0.2, 0.25) is 0 Å². The Morgan fingerprint density at radius 1 is 0.889 bits per heavy atom. The molecule has 0 spiro atoms. The summed E-state index contributed by atoms with van der Waals surface area (Å²) in [7, 11) is 0. The number of alkyl carbamates (subject to hydrolysis) is 1. The zero-order valence-corrected chi connectivity index (χ0v) is 26.9. The lowest BCUT2D eigenvalue weighted by molar-refractivity contribution is -0.135. The first-order valence-corrected chi connectivity index (χ1v) is 15.3. The monoisotopic (exact) mass is 616 g/mol. The molecule has 240 valence electrons. The molecule has 3 N–H and O–H groups in total. The third kappa shape index (κ3) is 8.93. The maximum Gasteiger partial charge on any atom is 0.408 e. The number of ether oxygens (including phenoxy) is 1. The van der Waals surface area contributed by atoms with E-state index in [1.54, 1.807) is 61.9 Å². The van der Waals surface area contributed by atoms with E-state index in [-0.39, 0.29) is 11.7 Å². The molecule has 3 aromatic rings. The van der Waals surface area contributed by atoms with Crippen molar-refractivity contribution >= 4 is 29.6 Å². The van der Waals surface area contributed by atoms with Crippen LogP contribution in [0.1, 0.15) is 77.6 Å². The number of anilines is 1. The number of nitrogens with one attached hydrogen (secondary N) is 3. The molecule has 1 unspecified atom stereocenters. The molecule has 11 heteroatoms. The molecule has 0 aliphatic carbocycles. The van der Waals surface area contributed by atoms with Gasteiger partial charge in [0.05, 0.1) is 6.33 Å². The van der Waals surface area contributed by atoms with E-state index in [2.05, 4.69) is 27.9 Å². The molecule has 11 nitrogen and oxygen atoms in total. The quantitative estimate of drug-likeness (QED) is 0.315. The van der Waals surface area contributed by atoms with Gasteiger partial charge in [0.2, 0.25) is 11.8 Å². The number of imidazole rings is 1. The van der Waals surface area contributed by atoms with Crippen LogP contribution in [0.25, 0.3) is 0 Å². The third-order valence-electron chi connectivity index (χ3n) is 7.65. The number of carbonyl (C=O) groups is 4. The molecule has 1 saturated heterocycles. The standard InChI is InChI=1S/C34H44N6O5/c1-23-17-19-39(20-18-23)30(42)28(25-15-11-8-12-16-25)40-21-26(35-22-40)36-29(41)27(24-13-9-7-10-14-24)37-31(43)34(5,6)38-32(44)45-33(2,3)4/h7-16,21-23,27-28H,17-20H2,1-6H3,(H,36,41)(H,37,43)(H,38,44)/t27-,28?/m1/s1. The number of aromatic nitrogens is 2. The highest BCUT2D eigenvalue weighted by Crippen LogP contribution is 2.26. The lowest BCUT2D eigenvalue weighted by Gasteiger charge is -2.33. The molecule has 45 heavy (non-hydrogen) atoms. The minimum Gasteiger partial charge on any atom is -0.444 e. The number of hydrogen-bond donors (Lipinski definition) is 3. The van der Waals surface area contributed by atoms with E-state index in [1.165, 1.54) is 20.2 Å². The highest BCUT2D eigenvalue weighted by molar-refractivity contribution is 5.99. The van der Waals surface area contributed by atoms with Crippen molar-refractivity contribution in [2.45, 2.75) is 77.6 Å². The molecule has 4 rings (SSSR count). The van der Waals surface area contributed by atoms with Crippen molar-refractivity contribution in [1.82, 2.24) is 25.1 Å². The fourth-order valence-electron chi connectivity index (χ4n) is 5.09. The highest BCUT2D eigenvalue weighted by Gasteiger charge is 2.35. The van der Waals surface area contributed by atoms with E-state index in [1.807, 2.05) is 35.2 Å². The zero-order valence-electron chi connectivity index (χ0n) is 26.9. The first-order valence-electron chi connectivity index (χ1n) is 15.3. The lowest BCUT2D eigenvalue weighted by atomic mass is 9.97. The van der Waals surface area contributed by atoms with Crippen molar-refractivity contribution in [3.63, 3.8) is 0 Å². The summed E-state index contributed by atoms with van der Waals surface area (Å²) in [6.07, 6.45) is 4.31. The van der Waals surface area contributed by atoms with Crippen LogP contribution < -0.4 is 16.0 Å². The Hall–Kier alpha value is -4.67. The maximum atomic E-state index is 13.8. The second kappa shape index (κ2) is 14.0. The van der Waals surface area contributed by atoms with Gasteiger partial charge in [0.25, 0.3) is 5.91 Å². The first-order chi connectivity index (χ1) is 21.2. The van der Waals surface area contributed by atoms with Crippen molar-refractivity contribution in [2.24, 2.45) is 5.92 Å². The summed E-state index contributed by atoms with van der Waals surface area (Å²) in [5, 5.41) is 8.14. The van der Waals surface area contributed by atoms with Crippen LogP contribution in [-0.2, 0) is 19.1 Å². The number of hydrogen-bond acceptors (Lipinski definition) is 6. The number of nitrogens with zero attached hydrogens (tertiary/aromatic N) is 3. The van der Waals surface area contributed by atoms with E-state index in [9.17, 15) is 19.2 Å². The summed E-state index contributed by atoms with van der Waals surface area (Å²) < 4.78 is 7.01. The molecule has 1 aliphatic rings. The van der Waals surface area contributed by atoms with Crippen LogP contribution >= 0.6 is 0 Å². The fraction of sp³-hybridized carbons (Fsp3) is 0.441. The van der Waals surface area contributed by atoms with Gasteiger partial charge in [-0.1, -0.05) is 67.6 Å². The molecular formula is C34H44N6O5. The topological polar surface area (TPSA) is 135 Å². The van der Waals surface area contributed by atoms with Gasteiger partial charge in [0, 0.05) is 19.3 Å². The van der Waals surface area contributed by atoms with Crippen LogP contribution in [0.4, 0.5) is 10.6 Å². The number of piperidine rings is 1. The Morgan fingerprint density at radius 2 is 1.47 bits per heavy atom. The SMILES string of the molecule is CC1CCN(C(=O)C(c2ccccc2)n2cnc(NC(=O)[C@H](NC(=O)C(C)(C)NC(=O)OC(C)(C)C)c3ccccc3)c2)CC1. The van der Waals surface area contributed by atoms with Gasteiger partial charge in [-0.05, 0) is 64.5 Å². The average Bonchev–Trinajstić information content (AvgIpc) is 3.43. The van der Waals surface area contributed by atoms with Gasteiger partial charge in [0.15, 0.2) is 5.82 Å². The van der Waals surface area contributed by atoms with Crippen molar-refractivity contribution in [3.05, 3.63) is 84.3 Å². The van der Waals surface area contributed by atoms with Gasteiger partial charge in [-0.2, -0.15) is 0 Å². The second-order valence-electron chi connectivity index (χ2n) is 13.1. The predicted octanol–water partition coefficient (Wildman–Crippen LogP) is 4.83. The Morgan fingerprint density at radius 3 is 2.04 bits per heavy atom. The molecule has 1 aliphatic heterocycles. The Kier molecular flexibility index (Phi) is 10.3. The lowest BCUT2D eigenvalue weighted by Crippen LogP contribution is -2.57. The molecule has 0 saturated carbocycles. The summed E-state index contributed by atoms with van der Waals surface area (Å²) in [5.41, 5.74) is -0.798. The molecule has 2 aromatic carbocycles. The van der Waals surface area contributed by atoms with Crippen LogP contribution in [0.15, 0.2) is 73.2 Å². The number of benzene rings is 2. The summed E-state index contributed by atoms with van der Waals surface area (Å²) in [6, 6.07) is 16.5. The Labute approximate surface area is 264 Å².